The number of hydrogen-bond acceptors (Lipinski definition) is 2. The molecule has 1 aliphatic carbocycles. The maximum absolute atomic E-state index is 6.42. The number of benzene rings is 1. The molecule has 19 heavy (non-hydrogen) atoms. The molecular formula is C15H20BrN3. The van der Waals surface area contributed by atoms with Crippen LogP contribution in [0.4, 0.5) is 0 Å². The molecule has 3 nitrogen and oxygen atoms in total. The molecule has 1 heterocycles. The van der Waals surface area contributed by atoms with Crippen molar-refractivity contribution < 1.29 is 0 Å². The first-order valence-electron chi connectivity index (χ1n) is 7.06. The zero-order valence-corrected chi connectivity index (χ0v) is 12.8. The van der Waals surface area contributed by atoms with Gasteiger partial charge in [0, 0.05) is 4.47 Å². The number of fused-ring (bicyclic) bond motifs is 1. The molecule has 0 spiro atoms. The first-order valence-corrected chi connectivity index (χ1v) is 7.86. The van der Waals surface area contributed by atoms with Gasteiger partial charge >= 0.3 is 0 Å². The van der Waals surface area contributed by atoms with Gasteiger partial charge in [-0.15, -0.1) is 0 Å². The summed E-state index contributed by atoms with van der Waals surface area (Å²) in [6.45, 7) is 2.09. The first-order chi connectivity index (χ1) is 9.15. The highest BCUT2D eigenvalue weighted by Gasteiger charge is 2.24. The lowest BCUT2D eigenvalue weighted by atomic mass is 9.84. The average Bonchev–Trinajstić information content (AvgIpc) is 2.83. The van der Waals surface area contributed by atoms with E-state index in [-0.39, 0.29) is 6.04 Å². The van der Waals surface area contributed by atoms with Crippen LogP contribution in [0.5, 0.6) is 0 Å². The molecule has 4 heteroatoms. The average molecular weight is 322 g/mol. The molecule has 0 radical (unpaired) electrons. The number of aryl methyl sites for hydroxylation is 1. The molecule has 1 aromatic carbocycles. The third-order valence-electron chi connectivity index (χ3n) is 4.23. The maximum Gasteiger partial charge on any atom is 0.124 e. The Morgan fingerprint density at radius 2 is 2.05 bits per heavy atom. The summed E-state index contributed by atoms with van der Waals surface area (Å²) in [6.07, 6.45) is 6.45. The van der Waals surface area contributed by atoms with Gasteiger partial charge in [0.2, 0.25) is 0 Å². The van der Waals surface area contributed by atoms with Crippen LogP contribution in [0.15, 0.2) is 16.6 Å². The molecule has 1 unspecified atom stereocenters. The maximum atomic E-state index is 6.42. The fraction of sp³-hybridized carbons (Fsp3) is 0.533. The van der Waals surface area contributed by atoms with Crippen LogP contribution < -0.4 is 5.73 Å². The molecular weight excluding hydrogens is 302 g/mol. The van der Waals surface area contributed by atoms with Crippen molar-refractivity contribution in [3.8, 4) is 0 Å². The van der Waals surface area contributed by atoms with Crippen molar-refractivity contribution in [1.29, 1.82) is 0 Å². The van der Waals surface area contributed by atoms with E-state index in [0.29, 0.717) is 5.92 Å². The Morgan fingerprint density at radius 1 is 1.32 bits per heavy atom. The van der Waals surface area contributed by atoms with Gasteiger partial charge in [0.05, 0.1) is 17.1 Å². The summed E-state index contributed by atoms with van der Waals surface area (Å²) in [5, 5.41) is 0. The van der Waals surface area contributed by atoms with Crippen molar-refractivity contribution in [2.75, 3.05) is 0 Å². The number of H-pyrrole nitrogens is 1. The number of nitrogens with two attached hydrogens (primary N) is 1. The van der Waals surface area contributed by atoms with Crippen molar-refractivity contribution in [2.24, 2.45) is 11.7 Å². The molecule has 3 N–H and O–H groups in total. The molecule has 1 atom stereocenters. The van der Waals surface area contributed by atoms with E-state index in [2.05, 4.69) is 40.0 Å². The number of aromatic nitrogens is 2. The molecule has 1 fully saturated rings. The molecule has 2 aromatic rings. The molecule has 102 valence electrons. The van der Waals surface area contributed by atoms with E-state index in [4.69, 9.17) is 10.7 Å². The topological polar surface area (TPSA) is 54.7 Å². The number of halogens is 1. The van der Waals surface area contributed by atoms with Crippen molar-refractivity contribution in [3.63, 3.8) is 0 Å². The van der Waals surface area contributed by atoms with E-state index >= 15 is 0 Å². The molecule has 0 amide bonds. The number of imidazole rings is 1. The van der Waals surface area contributed by atoms with Gasteiger partial charge in [-0.3, -0.25) is 0 Å². The van der Waals surface area contributed by atoms with Crippen LogP contribution in [-0.2, 0) is 0 Å². The van der Waals surface area contributed by atoms with E-state index in [0.717, 1.165) is 21.3 Å². The molecule has 0 bridgehead atoms. The Bertz CT molecular complexity index is 584. The fourth-order valence-corrected chi connectivity index (χ4v) is 3.71. The van der Waals surface area contributed by atoms with Crippen molar-refractivity contribution in [3.05, 3.63) is 28.0 Å². The minimum absolute atomic E-state index is 0.0471. The lowest BCUT2D eigenvalue weighted by Gasteiger charge is -2.26. The van der Waals surface area contributed by atoms with Crippen LogP contribution in [0.3, 0.4) is 0 Å². The number of hydrogen-bond donors (Lipinski definition) is 2. The Labute approximate surface area is 122 Å². The van der Waals surface area contributed by atoms with E-state index in [1.165, 1.54) is 37.7 Å². The summed E-state index contributed by atoms with van der Waals surface area (Å²) in [7, 11) is 0. The first kappa shape index (κ1) is 13.1. The summed E-state index contributed by atoms with van der Waals surface area (Å²) in [4.78, 5) is 8.14. The number of nitrogens with one attached hydrogen (secondary N) is 1. The van der Waals surface area contributed by atoms with Gasteiger partial charge in [-0.2, -0.15) is 0 Å². The van der Waals surface area contributed by atoms with Gasteiger partial charge in [0.15, 0.2) is 0 Å². The Morgan fingerprint density at radius 3 is 2.79 bits per heavy atom. The highest BCUT2D eigenvalue weighted by Crippen LogP contribution is 2.33. The lowest BCUT2D eigenvalue weighted by molar-refractivity contribution is 0.302. The van der Waals surface area contributed by atoms with Gasteiger partial charge in [-0.25, -0.2) is 4.98 Å². The van der Waals surface area contributed by atoms with Gasteiger partial charge in [-0.1, -0.05) is 35.2 Å². The van der Waals surface area contributed by atoms with Crippen LogP contribution in [0.2, 0.25) is 0 Å². The summed E-state index contributed by atoms with van der Waals surface area (Å²) >= 11 is 3.53. The second-order valence-electron chi connectivity index (χ2n) is 5.66. The Kier molecular flexibility index (Phi) is 3.63. The zero-order chi connectivity index (χ0) is 13.4. The van der Waals surface area contributed by atoms with Crippen molar-refractivity contribution >= 4 is 27.0 Å². The molecule has 3 rings (SSSR count). The number of rotatable bonds is 2. The van der Waals surface area contributed by atoms with Gasteiger partial charge in [0.25, 0.3) is 0 Å². The van der Waals surface area contributed by atoms with E-state index in [1.54, 1.807) is 0 Å². The SMILES string of the molecule is Cc1cc(Br)cc2[nH]c(C(N)C3CCCCC3)nc12. The highest BCUT2D eigenvalue weighted by molar-refractivity contribution is 9.10. The van der Waals surface area contributed by atoms with Gasteiger partial charge in [-0.05, 0) is 43.4 Å². The van der Waals surface area contributed by atoms with E-state index in [1.807, 2.05) is 0 Å². The largest absolute Gasteiger partial charge is 0.341 e. The fourth-order valence-electron chi connectivity index (χ4n) is 3.14. The molecule has 0 aliphatic heterocycles. The predicted octanol–water partition coefficient (Wildman–Crippen LogP) is 4.21. The van der Waals surface area contributed by atoms with E-state index < -0.39 is 0 Å². The number of nitrogens with zero attached hydrogens (tertiary/aromatic N) is 1. The third kappa shape index (κ3) is 2.56. The summed E-state index contributed by atoms with van der Waals surface area (Å²) in [6, 6.07) is 4.22. The smallest absolute Gasteiger partial charge is 0.124 e. The molecule has 1 saturated carbocycles. The van der Waals surface area contributed by atoms with Gasteiger partial charge < -0.3 is 10.7 Å². The standard InChI is InChI=1S/C15H20BrN3/c1-9-7-11(16)8-12-14(9)19-15(18-12)13(17)10-5-3-2-4-6-10/h7-8,10,13H,2-6,17H2,1H3,(H,18,19). The van der Waals surface area contributed by atoms with Gasteiger partial charge in [0.1, 0.15) is 5.82 Å². The minimum Gasteiger partial charge on any atom is -0.341 e. The lowest BCUT2D eigenvalue weighted by Crippen LogP contribution is -2.24. The summed E-state index contributed by atoms with van der Waals surface area (Å²) < 4.78 is 1.08. The Balaban J connectivity index is 1.94. The van der Waals surface area contributed by atoms with Crippen LogP contribution in [0.25, 0.3) is 11.0 Å². The highest BCUT2D eigenvalue weighted by atomic mass is 79.9. The second kappa shape index (κ2) is 5.25. The normalized spacial score (nSPS) is 18.9. The van der Waals surface area contributed by atoms with E-state index in [9.17, 15) is 0 Å². The monoisotopic (exact) mass is 321 g/mol. The second-order valence-corrected chi connectivity index (χ2v) is 6.58. The van der Waals surface area contributed by atoms with Crippen LogP contribution >= 0.6 is 15.9 Å². The zero-order valence-electron chi connectivity index (χ0n) is 11.2. The summed E-state index contributed by atoms with van der Waals surface area (Å²) in [5.41, 5.74) is 9.72. The predicted molar refractivity (Wildman–Crippen MR) is 82.0 cm³/mol. The van der Waals surface area contributed by atoms with Crippen LogP contribution in [-0.4, -0.2) is 9.97 Å². The Hall–Kier alpha value is -0.870. The van der Waals surface area contributed by atoms with Crippen LogP contribution in [0, 0.1) is 12.8 Å². The summed E-state index contributed by atoms with van der Waals surface area (Å²) in [5.74, 6) is 1.53. The van der Waals surface area contributed by atoms with Crippen molar-refractivity contribution in [1.82, 2.24) is 9.97 Å². The number of aromatic amines is 1. The van der Waals surface area contributed by atoms with Crippen molar-refractivity contribution in [2.45, 2.75) is 45.1 Å². The molecule has 0 saturated heterocycles. The minimum atomic E-state index is 0.0471. The molecule has 1 aliphatic rings. The quantitative estimate of drug-likeness (QED) is 0.870. The molecule has 1 aromatic heterocycles. The third-order valence-corrected chi connectivity index (χ3v) is 4.69. The van der Waals surface area contributed by atoms with Crippen LogP contribution in [0.1, 0.15) is 49.5 Å².